The van der Waals surface area contributed by atoms with E-state index >= 15 is 0 Å². The Labute approximate surface area is 221 Å². The van der Waals surface area contributed by atoms with E-state index in [0.29, 0.717) is 31.4 Å². The van der Waals surface area contributed by atoms with Gasteiger partial charge in [-0.05, 0) is 43.4 Å². The lowest BCUT2D eigenvalue weighted by atomic mass is 10.1. The number of hydrogen-bond donors (Lipinski definition) is 3. The third kappa shape index (κ3) is 8.32. The molecule has 11 heteroatoms. The van der Waals surface area contributed by atoms with Crippen molar-refractivity contribution in [3.8, 4) is 5.75 Å². The zero-order valence-corrected chi connectivity index (χ0v) is 21.1. The first kappa shape index (κ1) is 28.2. The Morgan fingerprint density at radius 2 is 1.82 bits per heavy atom. The second kappa shape index (κ2) is 14.4. The van der Waals surface area contributed by atoms with Gasteiger partial charge in [0.1, 0.15) is 24.7 Å². The van der Waals surface area contributed by atoms with Gasteiger partial charge in [0, 0.05) is 13.1 Å². The van der Waals surface area contributed by atoms with Crippen molar-refractivity contribution in [3.05, 3.63) is 66.2 Å². The largest absolute Gasteiger partial charge is 0.484 e. The second-order valence-electron chi connectivity index (χ2n) is 8.82. The fourth-order valence-electron chi connectivity index (χ4n) is 4.11. The first-order valence-electron chi connectivity index (χ1n) is 12.4. The Morgan fingerprint density at radius 3 is 2.47 bits per heavy atom. The van der Waals surface area contributed by atoms with E-state index in [1.165, 1.54) is 4.90 Å². The molecule has 1 aliphatic heterocycles. The molecule has 1 aliphatic rings. The molecule has 4 N–H and O–H groups in total. The number of nitrogens with two attached hydrogens (primary N) is 1. The number of likely N-dealkylation sites (tertiary alicyclic amines) is 1. The van der Waals surface area contributed by atoms with Crippen LogP contribution in [0.4, 0.5) is 4.79 Å². The molecule has 0 spiro atoms. The van der Waals surface area contributed by atoms with E-state index in [1.807, 2.05) is 24.3 Å². The lowest BCUT2D eigenvalue weighted by Crippen LogP contribution is -2.50. The number of ether oxygens (including phenoxy) is 2. The van der Waals surface area contributed by atoms with Crippen molar-refractivity contribution in [1.29, 1.82) is 5.41 Å². The Kier molecular flexibility index (Phi) is 10.6. The number of amides is 3. The molecule has 2 atom stereocenters. The van der Waals surface area contributed by atoms with E-state index in [2.05, 4.69) is 5.32 Å². The number of aldehydes is 1. The lowest BCUT2D eigenvalue weighted by Gasteiger charge is -2.25. The van der Waals surface area contributed by atoms with E-state index < -0.39 is 30.0 Å². The van der Waals surface area contributed by atoms with Crippen LogP contribution < -0.4 is 15.8 Å². The highest BCUT2D eigenvalue weighted by Crippen LogP contribution is 2.19. The van der Waals surface area contributed by atoms with Crippen molar-refractivity contribution in [3.63, 3.8) is 0 Å². The van der Waals surface area contributed by atoms with Crippen LogP contribution >= 0.6 is 0 Å². The second-order valence-corrected chi connectivity index (χ2v) is 8.82. The standard InChI is InChI=1S/C27H33N5O6/c28-26(29)32(27(36)38-18-20-9-3-1-4-10-20)16-7-11-21(17-33)30-25(35)23-14-8-15-31(23)24(34)19-37-22-12-5-2-6-13-22/h1-6,9-10,12-13,17,21,23H,7-8,11,14-16,18-19H2,(H3,28,29)(H,30,35)/t21-,23-/m0/s1. The van der Waals surface area contributed by atoms with Crippen LogP contribution in [0, 0.1) is 5.41 Å². The zero-order chi connectivity index (χ0) is 27.3. The maximum atomic E-state index is 12.9. The molecule has 38 heavy (non-hydrogen) atoms. The number of guanidine groups is 1. The Morgan fingerprint density at radius 1 is 1.13 bits per heavy atom. The van der Waals surface area contributed by atoms with Crippen molar-refractivity contribution in [2.24, 2.45) is 5.73 Å². The summed E-state index contributed by atoms with van der Waals surface area (Å²) in [4.78, 5) is 52.1. The van der Waals surface area contributed by atoms with Crippen molar-refractivity contribution in [2.75, 3.05) is 19.7 Å². The van der Waals surface area contributed by atoms with Gasteiger partial charge in [-0.15, -0.1) is 0 Å². The predicted octanol–water partition coefficient (Wildman–Crippen LogP) is 2.05. The average Bonchev–Trinajstić information content (AvgIpc) is 3.43. The van der Waals surface area contributed by atoms with Gasteiger partial charge in [-0.2, -0.15) is 0 Å². The summed E-state index contributed by atoms with van der Waals surface area (Å²) in [7, 11) is 0. The van der Waals surface area contributed by atoms with Crippen LogP contribution in [0.25, 0.3) is 0 Å². The van der Waals surface area contributed by atoms with Gasteiger partial charge in [-0.3, -0.25) is 15.0 Å². The Bertz CT molecular complexity index is 1100. The summed E-state index contributed by atoms with van der Waals surface area (Å²) in [6.07, 6.45) is 1.49. The van der Waals surface area contributed by atoms with Gasteiger partial charge in [0.2, 0.25) is 5.91 Å². The van der Waals surface area contributed by atoms with Gasteiger partial charge < -0.3 is 30.2 Å². The van der Waals surface area contributed by atoms with E-state index in [1.54, 1.807) is 36.4 Å². The molecular weight excluding hydrogens is 490 g/mol. The molecule has 2 aromatic rings. The maximum Gasteiger partial charge on any atom is 0.416 e. The van der Waals surface area contributed by atoms with Gasteiger partial charge in [0.05, 0.1) is 6.04 Å². The molecule has 0 radical (unpaired) electrons. The first-order chi connectivity index (χ1) is 18.4. The number of rotatable bonds is 12. The summed E-state index contributed by atoms with van der Waals surface area (Å²) >= 11 is 0. The number of hydrogen-bond acceptors (Lipinski definition) is 7. The van der Waals surface area contributed by atoms with Crippen molar-refractivity contribution < 1.29 is 28.7 Å². The minimum atomic E-state index is -0.824. The number of nitrogens with one attached hydrogen (secondary N) is 2. The summed E-state index contributed by atoms with van der Waals surface area (Å²) in [6, 6.07) is 16.5. The average molecular weight is 524 g/mol. The summed E-state index contributed by atoms with van der Waals surface area (Å²) in [5.74, 6) is -0.642. The highest BCUT2D eigenvalue weighted by Gasteiger charge is 2.35. The number of benzene rings is 2. The third-order valence-electron chi connectivity index (χ3n) is 6.09. The molecule has 1 saturated heterocycles. The summed E-state index contributed by atoms with van der Waals surface area (Å²) in [5.41, 5.74) is 6.34. The highest BCUT2D eigenvalue weighted by atomic mass is 16.6. The van der Waals surface area contributed by atoms with Gasteiger partial charge in [-0.1, -0.05) is 48.5 Å². The van der Waals surface area contributed by atoms with Gasteiger partial charge in [0.25, 0.3) is 5.91 Å². The van der Waals surface area contributed by atoms with Gasteiger partial charge in [0.15, 0.2) is 12.6 Å². The molecule has 2 aromatic carbocycles. The van der Waals surface area contributed by atoms with Crippen LogP contribution in [-0.4, -0.2) is 71.7 Å². The molecule has 3 rings (SSSR count). The molecule has 1 heterocycles. The number of para-hydroxylation sites is 1. The predicted molar refractivity (Wildman–Crippen MR) is 139 cm³/mol. The molecular formula is C27H33N5O6. The highest BCUT2D eigenvalue weighted by molar-refractivity contribution is 5.91. The molecule has 3 amide bonds. The summed E-state index contributed by atoms with van der Waals surface area (Å²) in [6.45, 7) is 0.309. The Hall–Kier alpha value is -4.41. The van der Waals surface area contributed by atoms with Crippen molar-refractivity contribution in [2.45, 2.75) is 44.4 Å². The smallest absolute Gasteiger partial charge is 0.416 e. The molecule has 0 unspecified atom stereocenters. The molecule has 0 aliphatic carbocycles. The molecule has 11 nitrogen and oxygen atoms in total. The molecule has 0 saturated carbocycles. The molecule has 0 aromatic heterocycles. The first-order valence-corrected chi connectivity index (χ1v) is 12.4. The quantitative estimate of drug-likeness (QED) is 0.218. The van der Waals surface area contributed by atoms with Crippen molar-refractivity contribution >= 4 is 30.2 Å². The lowest BCUT2D eigenvalue weighted by molar-refractivity contribution is -0.140. The fraction of sp³-hybridized carbons (Fsp3) is 0.370. The van der Waals surface area contributed by atoms with Crippen LogP contribution in [0.5, 0.6) is 5.75 Å². The minimum Gasteiger partial charge on any atom is -0.484 e. The number of carbonyl (C=O) groups excluding carboxylic acids is 4. The van der Waals surface area contributed by atoms with E-state index in [-0.39, 0.29) is 38.5 Å². The minimum absolute atomic E-state index is 0.0312. The Balaban J connectivity index is 1.45. The van der Waals surface area contributed by atoms with Crippen LogP contribution in [0.2, 0.25) is 0 Å². The van der Waals surface area contributed by atoms with Crippen LogP contribution in [0.15, 0.2) is 60.7 Å². The van der Waals surface area contributed by atoms with Gasteiger partial charge >= 0.3 is 6.09 Å². The van der Waals surface area contributed by atoms with Crippen LogP contribution in [-0.2, 0) is 25.7 Å². The zero-order valence-electron chi connectivity index (χ0n) is 21.1. The number of carbonyl (C=O) groups is 4. The number of nitrogens with zero attached hydrogens (tertiary/aromatic N) is 2. The molecule has 1 fully saturated rings. The summed E-state index contributed by atoms with van der Waals surface area (Å²) < 4.78 is 10.7. The summed E-state index contributed by atoms with van der Waals surface area (Å²) in [5, 5.41) is 10.4. The normalized spacial score (nSPS) is 15.3. The maximum absolute atomic E-state index is 12.9. The third-order valence-corrected chi connectivity index (χ3v) is 6.09. The SMILES string of the molecule is N=C(N)N(CCC[C@@H](C=O)NC(=O)[C@@H]1CCCN1C(=O)COc1ccccc1)C(=O)OCc1ccccc1. The van der Waals surface area contributed by atoms with Gasteiger partial charge in [-0.25, -0.2) is 9.69 Å². The monoisotopic (exact) mass is 523 g/mol. The molecule has 202 valence electrons. The van der Waals surface area contributed by atoms with Crippen LogP contribution in [0.3, 0.4) is 0 Å². The van der Waals surface area contributed by atoms with Crippen molar-refractivity contribution in [1.82, 2.24) is 15.1 Å². The van der Waals surface area contributed by atoms with Crippen LogP contribution in [0.1, 0.15) is 31.2 Å². The molecule has 0 bridgehead atoms. The fourth-order valence-corrected chi connectivity index (χ4v) is 4.11. The topological polar surface area (TPSA) is 155 Å². The van der Waals surface area contributed by atoms with E-state index in [4.69, 9.17) is 20.6 Å². The van der Waals surface area contributed by atoms with E-state index in [0.717, 1.165) is 10.5 Å². The van der Waals surface area contributed by atoms with E-state index in [9.17, 15) is 19.2 Å².